The van der Waals surface area contributed by atoms with Gasteiger partial charge in [-0.15, -0.1) is 0 Å². The van der Waals surface area contributed by atoms with Crippen LogP contribution in [-0.4, -0.2) is 77.6 Å². The maximum Gasteiger partial charge on any atom is 0.305 e. The number of rotatable bonds is 27. The highest BCUT2D eigenvalue weighted by molar-refractivity contribution is 5.69. The summed E-state index contributed by atoms with van der Waals surface area (Å²) in [6.07, 6.45) is 22.7. The summed E-state index contributed by atoms with van der Waals surface area (Å²) in [6, 6.07) is 0.284. The summed E-state index contributed by atoms with van der Waals surface area (Å²) in [7, 11) is 7.04. The Morgan fingerprint density at radius 2 is 0.973 bits per heavy atom. The second-order valence-electron chi connectivity index (χ2n) is 10.1. The van der Waals surface area contributed by atoms with E-state index in [1.54, 1.807) is 0 Å². The molecule has 218 valence electrons. The van der Waals surface area contributed by atoms with E-state index in [0.717, 1.165) is 71.0 Å². The molecule has 37 heavy (non-hydrogen) atoms. The van der Waals surface area contributed by atoms with Crippen molar-refractivity contribution >= 4 is 11.9 Å². The number of likely N-dealkylation sites (N-methyl/N-ethyl adjacent to an activating group) is 1. The lowest BCUT2D eigenvalue weighted by atomic mass is 10.1. The minimum absolute atomic E-state index is 0.101. The second kappa shape index (κ2) is 27.6. The molecule has 1 unspecified atom stereocenters. The average molecular weight is 528 g/mol. The molecule has 7 heteroatoms. The maximum atomic E-state index is 11.1. The lowest BCUT2D eigenvalue weighted by molar-refractivity contribution is -0.141. The third-order valence-corrected chi connectivity index (χ3v) is 6.55. The fourth-order valence-electron chi connectivity index (χ4n) is 3.93. The van der Waals surface area contributed by atoms with E-state index >= 15 is 0 Å². The molecule has 0 aromatic rings. The highest BCUT2D eigenvalue weighted by Gasteiger charge is 2.11. The van der Waals surface area contributed by atoms with E-state index in [9.17, 15) is 9.59 Å². The van der Waals surface area contributed by atoms with Crippen LogP contribution in [0.2, 0.25) is 0 Å². The summed E-state index contributed by atoms with van der Waals surface area (Å²) in [5.74, 6) is -0.223. The Morgan fingerprint density at radius 1 is 0.595 bits per heavy atom. The van der Waals surface area contributed by atoms with Gasteiger partial charge in [0.1, 0.15) is 0 Å². The fraction of sp³-hybridized carbons (Fsp3) is 0.867. The van der Waals surface area contributed by atoms with Crippen LogP contribution in [0, 0.1) is 0 Å². The van der Waals surface area contributed by atoms with Gasteiger partial charge in [-0.3, -0.25) is 9.59 Å². The van der Waals surface area contributed by atoms with Crippen molar-refractivity contribution in [2.24, 2.45) is 0 Å². The van der Waals surface area contributed by atoms with Gasteiger partial charge in [-0.05, 0) is 65.5 Å². The van der Waals surface area contributed by atoms with Crippen LogP contribution in [0.15, 0.2) is 12.2 Å². The number of carbonyl (C=O) groups is 2. The summed E-state index contributed by atoms with van der Waals surface area (Å²) in [5.41, 5.74) is 0. The zero-order valence-electron chi connectivity index (χ0n) is 24.5. The van der Waals surface area contributed by atoms with Gasteiger partial charge in [-0.1, -0.05) is 57.1 Å². The molecule has 0 amide bonds. The molecule has 0 fully saturated rings. The zero-order valence-corrected chi connectivity index (χ0v) is 24.5. The Bertz CT molecular complexity index is 552. The largest absolute Gasteiger partial charge is 0.469 e. The number of methoxy groups -OCH3 is 2. The van der Waals surface area contributed by atoms with Gasteiger partial charge in [-0.2, -0.15) is 0 Å². The third-order valence-electron chi connectivity index (χ3n) is 6.55. The van der Waals surface area contributed by atoms with Gasteiger partial charge in [0, 0.05) is 26.1 Å². The van der Waals surface area contributed by atoms with Crippen LogP contribution in [0.1, 0.15) is 109 Å². The van der Waals surface area contributed by atoms with Gasteiger partial charge in [0.25, 0.3) is 0 Å². The Morgan fingerprint density at radius 3 is 1.41 bits per heavy atom. The van der Waals surface area contributed by atoms with E-state index in [2.05, 4.69) is 40.6 Å². The lowest BCUT2D eigenvalue weighted by Crippen LogP contribution is -2.37. The standard InChI is InChI=1S/C30H57NO6/c1-31(2)28(27-37-25-21-17-15-19-23-30(33)35-4)26-36-24-20-16-13-11-9-7-5-6-8-10-12-14-18-22-29(32)34-3/h6,8,28H,5,7,9-27H2,1-4H3/b8-6+. The fourth-order valence-corrected chi connectivity index (χ4v) is 3.93. The number of esters is 2. The topological polar surface area (TPSA) is 74.3 Å². The molecule has 0 aromatic carbocycles. The molecule has 0 bridgehead atoms. The summed E-state index contributed by atoms with van der Waals surface area (Å²) in [6.45, 7) is 2.99. The number of carbonyl (C=O) groups excluding carboxylic acids is 2. The molecule has 0 aromatic heterocycles. The van der Waals surface area contributed by atoms with Crippen molar-refractivity contribution in [1.29, 1.82) is 0 Å². The van der Waals surface area contributed by atoms with Gasteiger partial charge < -0.3 is 23.8 Å². The molecule has 0 heterocycles. The van der Waals surface area contributed by atoms with Crippen molar-refractivity contribution in [3.05, 3.63) is 12.2 Å². The Kier molecular flexibility index (Phi) is 26.5. The molecule has 0 aliphatic rings. The van der Waals surface area contributed by atoms with Crippen molar-refractivity contribution in [1.82, 2.24) is 4.90 Å². The first kappa shape index (κ1) is 35.6. The van der Waals surface area contributed by atoms with E-state index in [1.165, 1.54) is 52.7 Å². The molecule has 1 atom stereocenters. The highest BCUT2D eigenvalue weighted by Crippen LogP contribution is 2.10. The molecular weight excluding hydrogens is 470 g/mol. The minimum atomic E-state index is -0.123. The van der Waals surface area contributed by atoms with E-state index in [4.69, 9.17) is 9.47 Å². The summed E-state index contributed by atoms with van der Waals surface area (Å²) < 4.78 is 21.1. The predicted molar refractivity (Wildman–Crippen MR) is 151 cm³/mol. The molecule has 0 rings (SSSR count). The first-order valence-corrected chi connectivity index (χ1v) is 14.6. The average Bonchev–Trinajstić information content (AvgIpc) is 2.89. The number of unbranched alkanes of at least 4 members (excludes halogenated alkanes) is 12. The molecule has 0 aliphatic carbocycles. The van der Waals surface area contributed by atoms with Crippen molar-refractivity contribution in [2.45, 2.75) is 115 Å². The predicted octanol–water partition coefficient (Wildman–Crippen LogP) is 6.48. The molecule has 0 spiro atoms. The number of ether oxygens (including phenoxy) is 4. The normalized spacial score (nSPS) is 12.4. The van der Waals surface area contributed by atoms with E-state index in [1.807, 2.05) is 0 Å². The SMILES string of the molecule is COC(=O)CCCCC/C=C/CCCCCCCCOCC(COCCCCCCC(=O)OC)N(C)C. The number of allylic oxidation sites excluding steroid dienone is 2. The van der Waals surface area contributed by atoms with Crippen molar-refractivity contribution in [3.8, 4) is 0 Å². The molecule has 0 N–H and O–H groups in total. The number of hydrogen-bond donors (Lipinski definition) is 0. The van der Waals surface area contributed by atoms with Crippen LogP contribution < -0.4 is 0 Å². The van der Waals surface area contributed by atoms with Crippen molar-refractivity contribution in [3.63, 3.8) is 0 Å². The molecule has 0 saturated carbocycles. The molecular formula is C30H57NO6. The molecule has 0 radical (unpaired) electrons. The highest BCUT2D eigenvalue weighted by atomic mass is 16.5. The first-order valence-electron chi connectivity index (χ1n) is 14.6. The number of nitrogens with zero attached hydrogens (tertiary/aromatic N) is 1. The minimum Gasteiger partial charge on any atom is -0.469 e. The van der Waals surface area contributed by atoms with Crippen LogP contribution in [-0.2, 0) is 28.5 Å². The Labute approximate surface area is 227 Å². The summed E-state index contributed by atoms with van der Waals surface area (Å²) >= 11 is 0. The maximum absolute atomic E-state index is 11.1. The summed E-state index contributed by atoms with van der Waals surface area (Å²) in [5, 5.41) is 0. The van der Waals surface area contributed by atoms with Gasteiger partial charge in [0.2, 0.25) is 0 Å². The van der Waals surface area contributed by atoms with Crippen LogP contribution in [0.4, 0.5) is 0 Å². The Balaban J connectivity index is 3.46. The van der Waals surface area contributed by atoms with E-state index in [-0.39, 0.29) is 18.0 Å². The monoisotopic (exact) mass is 527 g/mol. The zero-order chi connectivity index (χ0) is 27.4. The lowest BCUT2D eigenvalue weighted by Gasteiger charge is -2.24. The van der Waals surface area contributed by atoms with Crippen LogP contribution >= 0.6 is 0 Å². The number of hydrogen-bond acceptors (Lipinski definition) is 7. The van der Waals surface area contributed by atoms with Gasteiger partial charge in [0.05, 0.1) is 33.5 Å². The van der Waals surface area contributed by atoms with E-state index in [0.29, 0.717) is 26.1 Å². The quantitative estimate of drug-likeness (QED) is 0.0687. The smallest absolute Gasteiger partial charge is 0.305 e. The van der Waals surface area contributed by atoms with Crippen molar-refractivity contribution in [2.75, 3.05) is 54.7 Å². The molecule has 7 nitrogen and oxygen atoms in total. The molecule has 0 aliphatic heterocycles. The third kappa shape index (κ3) is 26.0. The Hall–Kier alpha value is -1.44. The van der Waals surface area contributed by atoms with E-state index < -0.39 is 0 Å². The second-order valence-corrected chi connectivity index (χ2v) is 10.1. The molecule has 0 saturated heterocycles. The van der Waals surface area contributed by atoms with Gasteiger partial charge in [-0.25, -0.2) is 0 Å². The van der Waals surface area contributed by atoms with Crippen LogP contribution in [0.5, 0.6) is 0 Å². The van der Waals surface area contributed by atoms with Crippen LogP contribution in [0.25, 0.3) is 0 Å². The summed E-state index contributed by atoms with van der Waals surface area (Å²) in [4.78, 5) is 24.3. The first-order chi connectivity index (χ1) is 18.0. The van der Waals surface area contributed by atoms with Gasteiger partial charge in [0.15, 0.2) is 0 Å². The van der Waals surface area contributed by atoms with Crippen LogP contribution in [0.3, 0.4) is 0 Å². The van der Waals surface area contributed by atoms with Gasteiger partial charge >= 0.3 is 11.9 Å². The van der Waals surface area contributed by atoms with Crippen molar-refractivity contribution < 1.29 is 28.5 Å².